The van der Waals surface area contributed by atoms with E-state index in [0.29, 0.717) is 22.9 Å². The van der Waals surface area contributed by atoms with Crippen molar-refractivity contribution in [3.05, 3.63) is 34.6 Å². The number of hydrogen-bond acceptors (Lipinski definition) is 1. The van der Waals surface area contributed by atoms with Crippen molar-refractivity contribution in [3.63, 3.8) is 0 Å². The molecular formula is C17H27ClFN. The maximum atomic E-state index is 13.9. The number of rotatable bonds is 6. The number of nitrogens with one attached hydrogen (secondary N) is 1. The third-order valence-electron chi connectivity index (χ3n) is 4.08. The van der Waals surface area contributed by atoms with E-state index in [2.05, 4.69) is 39.9 Å². The SMILES string of the molecule is CCNC(Cc1cc(Cl)ccc1F)CC(C)C(C)(C)C. The molecule has 0 aliphatic carbocycles. The van der Waals surface area contributed by atoms with Crippen LogP contribution in [0.5, 0.6) is 0 Å². The van der Waals surface area contributed by atoms with Gasteiger partial charge in [-0.05, 0) is 54.5 Å². The molecule has 0 amide bonds. The summed E-state index contributed by atoms with van der Waals surface area (Å²) in [4.78, 5) is 0. The molecule has 0 bridgehead atoms. The lowest BCUT2D eigenvalue weighted by Gasteiger charge is -2.31. The highest BCUT2D eigenvalue weighted by atomic mass is 35.5. The van der Waals surface area contributed by atoms with E-state index in [-0.39, 0.29) is 17.3 Å². The van der Waals surface area contributed by atoms with E-state index < -0.39 is 0 Å². The molecule has 0 heterocycles. The molecule has 2 atom stereocenters. The molecule has 3 heteroatoms. The quantitative estimate of drug-likeness (QED) is 0.773. The minimum Gasteiger partial charge on any atom is -0.314 e. The Morgan fingerprint density at radius 1 is 1.30 bits per heavy atom. The van der Waals surface area contributed by atoms with Crippen LogP contribution in [0.25, 0.3) is 0 Å². The first-order valence-corrected chi connectivity index (χ1v) is 7.79. The Morgan fingerprint density at radius 3 is 2.50 bits per heavy atom. The molecule has 1 N–H and O–H groups in total. The van der Waals surface area contributed by atoms with Crippen molar-refractivity contribution in [1.29, 1.82) is 0 Å². The molecule has 0 fully saturated rings. The van der Waals surface area contributed by atoms with Crippen molar-refractivity contribution >= 4 is 11.6 Å². The fourth-order valence-electron chi connectivity index (χ4n) is 2.27. The van der Waals surface area contributed by atoms with Gasteiger partial charge >= 0.3 is 0 Å². The first kappa shape index (κ1) is 17.5. The summed E-state index contributed by atoms with van der Waals surface area (Å²) in [6.07, 6.45) is 1.71. The van der Waals surface area contributed by atoms with Gasteiger partial charge in [0.2, 0.25) is 0 Å². The van der Waals surface area contributed by atoms with E-state index >= 15 is 0 Å². The zero-order valence-electron chi connectivity index (χ0n) is 13.3. The van der Waals surface area contributed by atoms with E-state index in [1.54, 1.807) is 12.1 Å². The van der Waals surface area contributed by atoms with E-state index in [9.17, 15) is 4.39 Å². The van der Waals surface area contributed by atoms with Gasteiger partial charge in [-0.1, -0.05) is 46.2 Å². The predicted octanol–water partition coefficient (Wildman–Crippen LogP) is 5.07. The Kier molecular flexibility index (Phi) is 6.47. The molecule has 114 valence electrons. The largest absolute Gasteiger partial charge is 0.314 e. The monoisotopic (exact) mass is 299 g/mol. The second-order valence-corrected chi connectivity index (χ2v) is 7.13. The van der Waals surface area contributed by atoms with Gasteiger partial charge in [0, 0.05) is 11.1 Å². The van der Waals surface area contributed by atoms with Crippen LogP contribution in [0.4, 0.5) is 4.39 Å². The van der Waals surface area contributed by atoms with Crippen LogP contribution in [0, 0.1) is 17.2 Å². The summed E-state index contributed by atoms with van der Waals surface area (Å²) in [7, 11) is 0. The Bertz CT molecular complexity index is 425. The van der Waals surface area contributed by atoms with E-state index in [1.165, 1.54) is 6.07 Å². The zero-order valence-corrected chi connectivity index (χ0v) is 14.0. The standard InChI is InChI=1S/C17H27ClFN/c1-6-20-15(9-12(2)17(3,4)5)11-13-10-14(18)7-8-16(13)19/h7-8,10,12,15,20H,6,9,11H2,1-5H3. The summed E-state index contributed by atoms with van der Waals surface area (Å²) < 4.78 is 13.9. The van der Waals surface area contributed by atoms with Crippen molar-refractivity contribution in [2.75, 3.05) is 6.54 Å². The summed E-state index contributed by atoms with van der Waals surface area (Å²) >= 11 is 5.97. The van der Waals surface area contributed by atoms with Crippen LogP contribution in [0.3, 0.4) is 0 Å². The lowest BCUT2D eigenvalue weighted by Crippen LogP contribution is -2.35. The summed E-state index contributed by atoms with van der Waals surface area (Å²) in [6.45, 7) is 12.0. The van der Waals surface area contributed by atoms with Gasteiger partial charge < -0.3 is 5.32 Å². The predicted molar refractivity (Wildman–Crippen MR) is 85.8 cm³/mol. The smallest absolute Gasteiger partial charge is 0.126 e. The summed E-state index contributed by atoms with van der Waals surface area (Å²) in [5.41, 5.74) is 0.963. The fourth-order valence-corrected chi connectivity index (χ4v) is 2.47. The Labute approximate surface area is 127 Å². The summed E-state index contributed by atoms with van der Waals surface area (Å²) in [5.74, 6) is 0.398. The van der Waals surface area contributed by atoms with Crippen LogP contribution < -0.4 is 5.32 Å². The van der Waals surface area contributed by atoms with Crippen LogP contribution in [0.15, 0.2) is 18.2 Å². The van der Waals surface area contributed by atoms with Crippen LogP contribution in [0.2, 0.25) is 5.02 Å². The molecular weight excluding hydrogens is 273 g/mol. The van der Waals surface area contributed by atoms with Gasteiger partial charge in [0.15, 0.2) is 0 Å². The van der Waals surface area contributed by atoms with Gasteiger partial charge in [-0.3, -0.25) is 0 Å². The third kappa shape index (κ3) is 5.41. The van der Waals surface area contributed by atoms with Crippen LogP contribution in [-0.4, -0.2) is 12.6 Å². The number of likely N-dealkylation sites (N-methyl/N-ethyl adjacent to an activating group) is 1. The molecule has 1 aromatic rings. The fraction of sp³-hybridized carbons (Fsp3) is 0.647. The van der Waals surface area contributed by atoms with Crippen molar-refractivity contribution < 1.29 is 4.39 Å². The maximum Gasteiger partial charge on any atom is 0.126 e. The second kappa shape index (κ2) is 7.42. The molecule has 1 rings (SSSR count). The number of halogens is 2. The second-order valence-electron chi connectivity index (χ2n) is 6.70. The summed E-state index contributed by atoms with van der Waals surface area (Å²) in [5, 5.41) is 4.07. The number of hydrogen-bond donors (Lipinski definition) is 1. The molecule has 2 unspecified atom stereocenters. The van der Waals surface area contributed by atoms with Gasteiger partial charge in [-0.2, -0.15) is 0 Å². The molecule has 1 aromatic carbocycles. The first-order valence-electron chi connectivity index (χ1n) is 7.41. The third-order valence-corrected chi connectivity index (χ3v) is 4.32. The highest BCUT2D eigenvalue weighted by Crippen LogP contribution is 2.30. The van der Waals surface area contributed by atoms with Crippen molar-refractivity contribution in [3.8, 4) is 0 Å². The molecule has 0 saturated carbocycles. The molecule has 0 aromatic heterocycles. The topological polar surface area (TPSA) is 12.0 Å². The Hall–Kier alpha value is -0.600. The van der Waals surface area contributed by atoms with Gasteiger partial charge in [0.05, 0.1) is 0 Å². The van der Waals surface area contributed by atoms with Gasteiger partial charge in [-0.15, -0.1) is 0 Å². The van der Waals surface area contributed by atoms with Gasteiger partial charge in [0.1, 0.15) is 5.82 Å². The van der Waals surface area contributed by atoms with E-state index in [4.69, 9.17) is 11.6 Å². The lowest BCUT2D eigenvalue weighted by molar-refractivity contribution is 0.222. The molecule has 0 spiro atoms. The zero-order chi connectivity index (χ0) is 15.3. The first-order chi connectivity index (χ1) is 9.24. The minimum absolute atomic E-state index is 0.166. The number of benzene rings is 1. The molecule has 1 nitrogen and oxygen atoms in total. The average molecular weight is 300 g/mol. The van der Waals surface area contributed by atoms with Crippen LogP contribution in [-0.2, 0) is 6.42 Å². The highest BCUT2D eigenvalue weighted by Gasteiger charge is 2.24. The van der Waals surface area contributed by atoms with Gasteiger partial charge in [-0.25, -0.2) is 4.39 Å². The summed E-state index contributed by atoms with van der Waals surface area (Å²) in [6, 6.07) is 5.07. The van der Waals surface area contributed by atoms with Gasteiger partial charge in [0.25, 0.3) is 0 Å². The van der Waals surface area contributed by atoms with Crippen LogP contribution in [0.1, 0.15) is 46.6 Å². The highest BCUT2D eigenvalue weighted by molar-refractivity contribution is 6.30. The molecule has 0 aliphatic heterocycles. The normalized spacial score (nSPS) is 15.2. The van der Waals surface area contributed by atoms with Crippen molar-refractivity contribution in [2.45, 2.75) is 53.5 Å². The molecule has 0 aliphatic rings. The van der Waals surface area contributed by atoms with Crippen molar-refractivity contribution in [2.24, 2.45) is 11.3 Å². The van der Waals surface area contributed by atoms with Crippen LogP contribution >= 0.6 is 11.6 Å². The Balaban J connectivity index is 2.79. The molecule has 20 heavy (non-hydrogen) atoms. The lowest BCUT2D eigenvalue weighted by atomic mass is 9.78. The van der Waals surface area contributed by atoms with E-state index in [1.807, 2.05) is 0 Å². The maximum absolute atomic E-state index is 13.9. The Morgan fingerprint density at radius 2 is 1.95 bits per heavy atom. The molecule has 0 saturated heterocycles. The minimum atomic E-state index is -0.166. The average Bonchev–Trinajstić information content (AvgIpc) is 2.33. The molecule has 0 radical (unpaired) electrons. The van der Waals surface area contributed by atoms with E-state index in [0.717, 1.165) is 13.0 Å². The van der Waals surface area contributed by atoms with Crippen molar-refractivity contribution in [1.82, 2.24) is 5.32 Å².